The smallest absolute Gasteiger partial charge is 0.138 e. The Hall–Kier alpha value is -4.04. The quantitative estimate of drug-likeness (QED) is 0.254. The number of nitrogens with zero attached hydrogens (tertiary/aromatic N) is 2. The first-order valence-corrected chi connectivity index (χ1v) is 11.9. The molecule has 6 aromatic rings. The molecular formula is C28H24Cl2N4O3. The van der Waals surface area contributed by atoms with Gasteiger partial charge in [-0.25, -0.2) is 9.97 Å². The number of methoxy groups -OCH3 is 2. The summed E-state index contributed by atoms with van der Waals surface area (Å²) in [5.74, 6) is 3.32. The lowest BCUT2D eigenvalue weighted by atomic mass is 10.2. The summed E-state index contributed by atoms with van der Waals surface area (Å²) in [6, 6.07) is 26.8. The van der Waals surface area contributed by atoms with Gasteiger partial charge in [0.25, 0.3) is 0 Å². The summed E-state index contributed by atoms with van der Waals surface area (Å²) < 4.78 is 10.3. The minimum Gasteiger partial charge on any atom is -0.497 e. The summed E-state index contributed by atoms with van der Waals surface area (Å²) in [5.41, 5.74) is 5.73. The number of H-pyrrole nitrogens is 2. The molecule has 0 unspecified atom stereocenters. The molecular weight excluding hydrogens is 511 g/mol. The number of imidazole rings is 2. The average molecular weight is 535 g/mol. The zero-order valence-corrected chi connectivity index (χ0v) is 21.6. The summed E-state index contributed by atoms with van der Waals surface area (Å²) in [4.78, 5) is 15.6. The van der Waals surface area contributed by atoms with Crippen LogP contribution in [0.25, 0.3) is 44.8 Å². The van der Waals surface area contributed by atoms with E-state index in [2.05, 4.69) is 19.9 Å². The van der Waals surface area contributed by atoms with E-state index in [1.807, 2.05) is 84.9 Å². The highest BCUT2D eigenvalue weighted by atomic mass is 35.5. The fraction of sp³-hybridized carbons (Fsp3) is 0.0714. The Kier molecular flexibility index (Phi) is 7.98. The van der Waals surface area contributed by atoms with Gasteiger partial charge in [0.15, 0.2) is 0 Å². The molecule has 0 radical (unpaired) electrons. The minimum atomic E-state index is 0. The maximum Gasteiger partial charge on any atom is 0.138 e. The van der Waals surface area contributed by atoms with Crippen LogP contribution in [-0.2, 0) is 0 Å². The van der Waals surface area contributed by atoms with Crippen LogP contribution < -0.4 is 9.47 Å². The van der Waals surface area contributed by atoms with Crippen molar-refractivity contribution in [2.24, 2.45) is 0 Å². The molecule has 4 aromatic carbocycles. The molecule has 0 aliphatic heterocycles. The molecule has 2 aromatic heterocycles. The van der Waals surface area contributed by atoms with Crippen LogP contribution in [0.3, 0.4) is 0 Å². The lowest BCUT2D eigenvalue weighted by Crippen LogP contribution is -1.83. The fourth-order valence-corrected chi connectivity index (χ4v) is 4.08. The average Bonchev–Trinajstić information content (AvgIpc) is 3.53. The molecule has 0 fully saturated rings. The van der Waals surface area contributed by atoms with Gasteiger partial charge in [0.1, 0.15) is 23.1 Å². The predicted molar refractivity (Wildman–Crippen MR) is 150 cm³/mol. The largest absolute Gasteiger partial charge is 0.497 e. The van der Waals surface area contributed by atoms with Crippen molar-refractivity contribution in [3.05, 3.63) is 95.0 Å². The lowest BCUT2D eigenvalue weighted by Gasteiger charge is -2.00. The van der Waals surface area contributed by atoms with Gasteiger partial charge in [-0.3, -0.25) is 0 Å². The number of aromatic nitrogens is 4. The van der Waals surface area contributed by atoms with Crippen molar-refractivity contribution in [2.75, 3.05) is 14.2 Å². The van der Waals surface area contributed by atoms with Crippen LogP contribution in [0.2, 0.25) is 10.0 Å². The van der Waals surface area contributed by atoms with Gasteiger partial charge in [0.05, 0.1) is 36.3 Å². The molecule has 37 heavy (non-hydrogen) atoms. The highest BCUT2D eigenvalue weighted by Crippen LogP contribution is 2.25. The summed E-state index contributed by atoms with van der Waals surface area (Å²) >= 11 is 11.9. The van der Waals surface area contributed by atoms with Gasteiger partial charge in [-0.05, 0) is 84.9 Å². The van der Waals surface area contributed by atoms with Crippen LogP contribution in [0.1, 0.15) is 0 Å². The lowest BCUT2D eigenvalue weighted by molar-refractivity contribution is 0.415. The van der Waals surface area contributed by atoms with Crippen molar-refractivity contribution in [1.29, 1.82) is 0 Å². The van der Waals surface area contributed by atoms with E-state index in [4.69, 9.17) is 32.7 Å². The second-order valence-electron chi connectivity index (χ2n) is 7.95. The number of nitrogens with one attached hydrogen (secondary N) is 2. The van der Waals surface area contributed by atoms with Crippen LogP contribution >= 0.6 is 23.2 Å². The number of fused-ring (bicyclic) bond motifs is 2. The Balaban J connectivity index is 0.000000168. The molecule has 9 heteroatoms. The third-order valence-corrected chi connectivity index (χ3v) is 6.08. The highest BCUT2D eigenvalue weighted by Gasteiger charge is 2.07. The van der Waals surface area contributed by atoms with E-state index in [0.29, 0.717) is 10.0 Å². The van der Waals surface area contributed by atoms with E-state index in [1.165, 1.54) is 0 Å². The van der Waals surface area contributed by atoms with Gasteiger partial charge in [0.2, 0.25) is 0 Å². The van der Waals surface area contributed by atoms with E-state index < -0.39 is 0 Å². The molecule has 0 saturated heterocycles. The van der Waals surface area contributed by atoms with Gasteiger partial charge in [-0.2, -0.15) is 0 Å². The third kappa shape index (κ3) is 5.86. The molecule has 0 aliphatic rings. The molecule has 0 spiro atoms. The van der Waals surface area contributed by atoms with Crippen molar-refractivity contribution < 1.29 is 14.9 Å². The fourth-order valence-electron chi connectivity index (χ4n) is 3.73. The van der Waals surface area contributed by atoms with Crippen LogP contribution in [0.15, 0.2) is 84.9 Å². The van der Waals surface area contributed by atoms with E-state index in [0.717, 1.165) is 56.3 Å². The molecule has 0 amide bonds. The van der Waals surface area contributed by atoms with Crippen LogP contribution in [0.4, 0.5) is 0 Å². The standard InChI is InChI=1S/2C14H11ClN2O.H2O/c2*1-18-11-5-2-9(3-6-11)14-16-12-7-4-10(15)8-13(12)17-14;/h2*2-8H,1H3,(H,16,17);1H2. The molecule has 2 heterocycles. The molecule has 0 aliphatic carbocycles. The number of aromatic amines is 2. The second kappa shape index (κ2) is 11.3. The van der Waals surface area contributed by atoms with Gasteiger partial charge in [-0.15, -0.1) is 0 Å². The van der Waals surface area contributed by atoms with Crippen LogP contribution in [0, 0.1) is 0 Å². The minimum absolute atomic E-state index is 0. The predicted octanol–water partition coefficient (Wildman–Crippen LogP) is 6.96. The Morgan fingerprint density at radius 1 is 0.568 bits per heavy atom. The van der Waals surface area contributed by atoms with E-state index in [1.54, 1.807) is 14.2 Å². The first-order chi connectivity index (χ1) is 17.5. The third-order valence-electron chi connectivity index (χ3n) is 5.61. The summed E-state index contributed by atoms with van der Waals surface area (Å²) in [7, 11) is 3.30. The molecule has 0 atom stereocenters. The number of hydrogen-bond acceptors (Lipinski definition) is 4. The van der Waals surface area contributed by atoms with Crippen molar-refractivity contribution in [3.8, 4) is 34.3 Å². The van der Waals surface area contributed by atoms with Gasteiger partial charge in [0, 0.05) is 21.2 Å². The molecule has 0 saturated carbocycles. The second-order valence-corrected chi connectivity index (χ2v) is 8.82. The van der Waals surface area contributed by atoms with E-state index >= 15 is 0 Å². The molecule has 7 nitrogen and oxygen atoms in total. The Labute approximate surface area is 223 Å². The van der Waals surface area contributed by atoms with Gasteiger partial charge >= 0.3 is 0 Å². The summed E-state index contributed by atoms with van der Waals surface area (Å²) in [5, 5.41) is 1.40. The first kappa shape index (κ1) is 26.0. The molecule has 0 bridgehead atoms. The van der Waals surface area contributed by atoms with Crippen molar-refractivity contribution in [2.45, 2.75) is 0 Å². The molecule has 4 N–H and O–H groups in total. The van der Waals surface area contributed by atoms with Crippen molar-refractivity contribution in [3.63, 3.8) is 0 Å². The maximum absolute atomic E-state index is 5.95. The van der Waals surface area contributed by atoms with Crippen molar-refractivity contribution >= 4 is 45.3 Å². The Bertz CT molecular complexity index is 1500. The molecule has 188 valence electrons. The number of halogens is 2. The monoisotopic (exact) mass is 534 g/mol. The first-order valence-electron chi connectivity index (χ1n) is 11.1. The van der Waals surface area contributed by atoms with Crippen LogP contribution in [0.5, 0.6) is 11.5 Å². The van der Waals surface area contributed by atoms with Crippen LogP contribution in [-0.4, -0.2) is 39.6 Å². The SMILES string of the molecule is COc1ccc(-c2nc3ccc(Cl)cc3[nH]2)cc1.COc1ccc(-c2nc3ccc(Cl)cc3[nH]2)cc1.O. The van der Waals surface area contributed by atoms with E-state index in [9.17, 15) is 0 Å². The van der Waals surface area contributed by atoms with Gasteiger partial charge < -0.3 is 24.9 Å². The van der Waals surface area contributed by atoms with E-state index in [-0.39, 0.29) is 5.48 Å². The normalized spacial score (nSPS) is 10.5. The Morgan fingerprint density at radius 2 is 0.946 bits per heavy atom. The highest BCUT2D eigenvalue weighted by molar-refractivity contribution is 6.31. The van der Waals surface area contributed by atoms with Crippen molar-refractivity contribution in [1.82, 2.24) is 19.9 Å². The number of ether oxygens (including phenoxy) is 2. The number of benzene rings is 4. The topological polar surface area (TPSA) is 107 Å². The number of rotatable bonds is 4. The zero-order chi connectivity index (χ0) is 25.1. The maximum atomic E-state index is 5.95. The Morgan fingerprint density at radius 3 is 1.30 bits per heavy atom. The summed E-state index contributed by atoms with van der Waals surface area (Å²) in [6.07, 6.45) is 0. The van der Waals surface area contributed by atoms with Gasteiger partial charge in [-0.1, -0.05) is 23.2 Å². The summed E-state index contributed by atoms with van der Waals surface area (Å²) in [6.45, 7) is 0. The number of hydrogen-bond donors (Lipinski definition) is 2. The molecule has 6 rings (SSSR count). The zero-order valence-electron chi connectivity index (χ0n) is 20.0.